The van der Waals surface area contributed by atoms with Gasteiger partial charge in [-0.05, 0) is 30.7 Å². The molecule has 0 amide bonds. The first-order valence-corrected chi connectivity index (χ1v) is 10.1. The van der Waals surface area contributed by atoms with Gasteiger partial charge in [-0.1, -0.05) is 78.3 Å². The van der Waals surface area contributed by atoms with E-state index >= 15 is 0 Å². The van der Waals surface area contributed by atoms with Crippen LogP contribution in [0.25, 0.3) is 0 Å². The Balaban J connectivity index is 0.000000930. The molecule has 0 heterocycles. The largest absolute Gasteiger partial charge is 0.289 e. The van der Waals surface area contributed by atoms with Crippen molar-refractivity contribution in [2.24, 2.45) is 0 Å². The maximum absolute atomic E-state index is 13.4. The summed E-state index contributed by atoms with van der Waals surface area (Å²) >= 11 is 0. The van der Waals surface area contributed by atoms with E-state index in [2.05, 4.69) is 13.8 Å². The van der Waals surface area contributed by atoms with Crippen LogP contribution in [0.15, 0.2) is 59.7 Å². The standard InChI is InChI=1S/C18H13FO2.C3H8.2C2H6/c1-11-15(9-12-5-3-2-4-6-12)18(21)16-10-13(19)7-8-14(16)17(11)20;1-3-2;2*1-2/h2-8,10H,9H2,1H3;3H2,1-2H3;2*1-2H3. The van der Waals surface area contributed by atoms with Crippen LogP contribution in [0.2, 0.25) is 0 Å². The second-order valence-electron chi connectivity index (χ2n) is 5.82. The summed E-state index contributed by atoms with van der Waals surface area (Å²) in [5, 5.41) is 0. The fourth-order valence-corrected chi connectivity index (χ4v) is 2.59. The van der Waals surface area contributed by atoms with Gasteiger partial charge in [-0.25, -0.2) is 4.39 Å². The SMILES string of the molecule is CC.CC.CC1=C(Cc2ccccc2)C(=O)c2cc(F)ccc2C1=O.CCC. The lowest BCUT2D eigenvalue weighted by Gasteiger charge is -2.19. The third-order valence-electron chi connectivity index (χ3n) is 3.76. The van der Waals surface area contributed by atoms with Crippen LogP contribution in [0.4, 0.5) is 4.39 Å². The summed E-state index contributed by atoms with van der Waals surface area (Å²) < 4.78 is 13.4. The molecule has 0 saturated heterocycles. The number of hydrogen-bond acceptors (Lipinski definition) is 2. The van der Waals surface area contributed by atoms with Crippen molar-refractivity contribution < 1.29 is 14.0 Å². The maximum atomic E-state index is 13.4. The van der Waals surface area contributed by atoms with Crippen LogP contribution < -0.4 is 0 Å². The van der Waals surface area contributed by atoms with E-state index in [1.165, 1.54) is 18.6 Å². The number of ketones is 2. The first kappa shape index (κ1) is 25.4. The van der Waals surface area contributed by atoms with Gasteiger partial charge in [0, 0.05) is 28.7 Å². The summed E-state index contributed by atoms with van der Waals surface area (Å²) in [6.45, 7) is 13.9. The van der Waals surface area contributed by atoms with E-state index in [1.807, 2.05) is 58.0 Å². The summed E-state index contributed by atoms with van der Waals surface area (Å²) in [5.74, 6) is -0.963. The van der Waals surface area contributed by atoms with Gasteiger partial charge in [-0.15, -0.1) is 0 Å². The van der Waals surface area contributed by atoms with Gasteiger partial charge in [0.05, 0.1) is 0 Å². The van der Waals surface area contributed by atoms with Gasteiger partial charge < -0.3 is 0 Å². The number of carbonyl (C=O) groups is 2. The fourth-order valence-electron chi connectivity index (χ4n) is 2.59. The molecule has 0 aliphatic heterocycles. The molecule has 0 aromatic heterocycles. The lowest BCUT2D eigenvalue weighted by Crippen LogP contribution is -2.22. The number of hydrogen-bond donors (Lipinski definition) is 0. The van der Waals surface area contributed by atoms with Gasteiger partial charge in [0.2, 0.25) is 0 Å². The third-order valence-corrected chi connectivity index (χ3v) is 3.76. The zero-order chi connectivity index (χ0) is 21.7. The molecule has 0 atom stereocenters. The minimum absolute atomic E-state index is 0.163. The van der Waals surface area contributed by atoms with Gasteiger partial charge in [0.1, 0.15) is 5.82 Å². The number of fused-ring (bicyclic) bond motifs is 1. The number of carbonyl (C=O) groups excluding carboxylic acids is 2. The molecule has 2 aromatic rings. The number of Topliss-reactive ketones (excluding diaryl/α,β-unsaturated/α-hetero) is 2. The first-order valence-electron chi connectivity index (χ1n) is 10.1. The molecule has 0 fully saturated rings. The summed E-state index contributed by atoms with van der Waals surface area (Å²) in [6.07, 6.45) is 1.63. The predicted octanol–water partition coefficient (Wildman–Crippen LogP) is 7.23. The quantitative estimate of drug-likeness (QED) is 0.547. The van der Waals surface area contributed by atoms with Gasteiger partial charge >= 0.3 is 0 Å². The summed E-state index contributed by atoms with van der Waals surface area (Å²) in [4.78, 5) is 24.9. The van der Waals surface area contributed by atoms with Gasteiger partial charge in [-0.2, -0.15) is 0 Å². The van der Waals surface area contributed by atoms with Gasteiger partial charge in [-0.3, -0.25) is 9.59 Å². The van der Waals surface area contributed by atoms with E-state index in [-0.39, 0.29) is 22.7 Å². The Labute approximate surface area is 169 Å². The van der Waals surface area contributed by atoms with Crippen molar-refractivity contribution in [2.45, 2.75) is 61.3 Å². The van der Waals surface area contributed by atoms with Crippen molar-refractivity contribution >= 4 is 11.6 Å². The lowest BCUT2D eigenvalue weighted by molar-refractivity contribution is 0.0972. The molecular weight excluding hydrogens is 351 g/mol. The highest BCUT2D eigenvalue weighted by molar-refractivity contribution is 6.26. The van der Waals surface area contributed by atoms with E-state index < -0.39 is 5.82 Å². The monoisotopic (exact) mass is 384 g/mol. The summed E-state index contributed by atoms with van der Waals surface area (Å²) in [5.41, 5.74) is 2.30. The molecule has 3 heteroatoms. The molecule has 1 aliphatic carbocycles. The van der Waals surface area contributed by atoms with Crippen molar-refractivity contribution in [2.75, 3.05) is 0 Å². The fraction of sp³-hybridized carbons (Fsp3) is 0.360. The number of halogens is 1. The van der Waals surface area contributed by atoms with Crippen LogP contribution in [0.3, 0.4) is 0 Å². The molecule has 28 heavy (non-hydrogen) atoms. The van der Waals surface area contributed by atoms with Crippen molar-refractivity contribution in [3.8, 4) is 0 Å². The summed E-state index contributed by atoms with van der Waals surface area (Å²) in [6, 6.07) is 13.2. The minimum Gasteiger partial charge on any atom is -0.289 e. The van der Waals surface area contributed by atoms with E-state index in [0.29, 0.717) is 17.6 Å². The maximum Gasteiger partial charge on any atom is 0.190 e. The molecule has 0 bridgehead atoms. The predicted molar refractivity (Wildman–Crippen MR) is 117 cm³/mol. The zero-order valence-electron chi connectivity index (χ0n) is 18.2. The smallest absolute Gasteiger partial charge is 0.190 e. The number of benzene rings is 2. The average Bonchev–Trinajstić information content (AvgIpc) is 2.74. The molecule has 0 saturated carbocycles. The highest BCUT2D eigenvalue weighted by atomic mass is 19.1. The van der Waals surface area contributed by atoms with Crippen LogP contribution in [-0.4, -0.2) is 11.6 Å². The lowest BCUT2D eigenvalue weighted by atomic mass is 9.82. The Morgan fingerprint density at radius 2 is 1.32 bits per heavy atom. The number of allylic oxidation sites excluding steroid dienone is 2. The van der Waals surface area contributed by atoms with Crippen molar-refractivity contribution in [3.63, 3.8) is 0 Å². The molecule has 2 nitrogen and oxygen atoms in total. The normalized spacial score (nSPS) is 11.9. The zero-order valence-corrected chi connectivity index (χ0v) is 18.2. The molecule has 0 radical (unpaired) electrons. The van der Waals surface area contributed by atoms with E-state index in [4.69, 9.17) is 0 Å². The molecule has 152 valence electrons. The van der Waals surface area contributed by atoms with Crippen molar-refractivity contribution in [1.82, 2.24) is 0 Å². The molecule has 3 rings (SSSR count). The van der Waals surface area contributed by atoms with Crippen LogP contribution in [0, 0.1) is 5.82 Å². The molecule has 0 N–H and O–H groups in total. The van der Waals surface area contributed by atoms with Crippen LogP contribution >= 0.6 is 0 Å². The Morgan fingerprint density at radius 3 is 1.86 bits per heavy atom. The Kier molecular flexibility index (Phi) is 12.4. The van der Waals surface area contributed by atoms with E-state index in [0.717, 1.165) is 11.6 Å². The highest BCUT2D eigenvalue weighted by Crippen LogP contribution is 2.28. The molecule has 0 spiro atoms. The van der Waals surface area contributed by atoms with Crippen LogP contribution in [-0.2, 0) is 6.42 Å². The molecule has 0 unspecified atom stereocenters. The molecule has 1 aliphatic rings. The average molecular weight is 385 g/mol. The van der Waals surface area contributed by atoms with E-state index in [9.17, 15) is 14.0 Å². The highest BCUT2D eigenvalue weighted by Gasteiger charge is 2.29. The topological polar surface area (TPSA) is 34.1 Å². The van der Waals surface area contributed by atoms with Crippen molar-refractivity contribution in [1.29, 1.82) is 0 Å². The third kappa shape index (κ3) is 6.56. The Morgan fingerprint density at radius 1 is 0.786 bits per heavy atom. The van der Waals surface area contributed by atoms with Crippen molar-refractivity contribution in [3.05, 3.63) is 82.2 Å². The minimum atomic E-state index is -0.506. The Hall–Kier alpha value is -2.55. The van der Waals surface area contributed by atoms with Crippen LogP contribution in [0.5, 0.6) is 0 Å². The number of rotatable bonds is 2. The summed E-state index contributed by atoms with van der Waals surface area (Å²) in [7, 11) is 0. The van der Waals surface area contributed by atoms with Gasteiger partial charge in [0.15, 0.2) is 11.6 Å². The van der Waals surface area contributed by atoms with Crippen LogP contribution in [0.1, 0.15) is 81.2 Å². The molecule has 2 aromatic carbocycles. The van der Waals surface area contributed by atoms with Gasteiger partial charge in [0.25, 0.3) is 0 Å². The second kappa shape index (κ2) is 13.6. The second-order valence-corrected chi connectivity index (χ2v) is 5.82. The first-order chi connectivity index (χ1) is 13.5. The Bertz CT molecular complexity index is 789. The van der Waals surface area contributed by atoms with E-state index in [1.54, 1.807) is 6.92 Å². The molecular formula is C25H33FO2.